The van der Waals surface area contributed by atoms with Gasteiger partial charge in [-0.05, 0) is 36.6 Å². The fraction of sp³-hybridized carbons (Fsp3) is 0.350. The molecule has 8 nitrogen and oxygen atoms in total. The standard InChI is InChI=1S/C20H23N5O3/c1-24-19(11-17(23-24)18-7-4-10-28-18)22-20(26)25(14-16-6-3-9-27-16)13-15-5-2-8-21-12-15/h2,4-5,7-8,10-12,16H,3,6,9,13-14H2,1H3,(H,22,26). The number of furan rings is 1. The van der Waals surface area contributed by atoms with E-state index in [-0.39, 0.29) is 12.1 Å². The second kappa shape index (κ2) is 8.26. The monoisotopic (exact) mass is 381 g/mol. The van der Waals surface area contributed by atoms with Gasteiger partial charge in [0, 0.05) is 45.2 Å². The van der Waals surface area contributed by atoms with Gasteiger partial charge in [0.2, 0.25) is 0 Å². The van der Waals surface area contributed by atoms with Crippen LogP contribution < -0.4 is 5.32 Å². The Hall–Kier alpha value is -3.13. The Morgan fingerprint density at radius 3 is 3.04 bits per heavy atom. The summed E-state index contributed by atoms with van der Waals surface area (Å²) < 4.78 is 12.7. The minimum absolute atomic E-state index is 0.0626. The number of hydrogen-bond acceptors (Lipinski definition) is 5. The maximum absolute atomic E-state index is 13.0. The van der Waals surface area contributed by atoms with Crippen molar-refractivity contribution in [3.8, 4) is 11.5 Å². The molecule has 2 amide bonds. The molecule has 1 saturated heterocycles. The van der Waals surface area contributed by atoms with Gasteiger partial charge in [-0.1, -0.05) is 6.07 Å². The minimum Gasteiger partial charge on any atom is -0.463 e. The lowest BCUT2D eigenvalue weighted by atomic mass is 10.2. The zero-order valence-electron chi connectivity index (χ0n) is 15.7. The normalized spacial score (nSPS) is 16.2. The van der Waals surface area contributed by atoms with Crippen molar-refractivity contribution in [1.82, 2.24) is 19.7 Å². The highest BCUT2D eigenvalue weighted by Gasteiger charge is 2.24. The Morgan fingerprint density at radius 2 is 2.32 bits per heavy atom. The summed E-state index contributed by atoms with van der Waals surface area (Å²) in [4.78, 5) is 18.9. The number of nitrogens with zero attached hydrogens (tertiary/aromatic N) is 4. The number of anilines is 1. The van der Waals surface area contributed by atoms with Gasteiger partial charge < -0.3 is 14.1 Å². The van der Waals surface area contributed by atoms with E-state index in [1.54, 1.807) is 47.4 Å². The number of urea groups is 1. The third-order valence-electron chi connectivity index (χ3n) is 4.72. The zero-order chi connectivity index (χ0) is 19.3. The van der Waals surface area contributed by atoms with Gasteiger partial charge in [-0.25, -0.2) is 4.79 Å². The highest BCUT2D eigenvalue weighted by Crippen LogP contribution is 2.22. The molecule has 4 rings (SSSR count). The summed E-state index contributed by atoms with van der Waals surface area (Å²) in [6, 6.07) is 9.06. The average Bonchev–Trinajstić information content (AvgIpc) is 3.45. The molecule has 0 bridgehead atoms. The zero-order valence-corrected chi connectivity index (χ0v) is 15.7. The van der Waals surface area contributed by atoms with Crippen molar-refractivity contribution in [3.63, 3.8) is 0 Å². The van der Waals surface area contributed by atoms with Gasteiger partial charge in [0.05, 0.1) is 12.4 Å². The Labute approximate surface area is 163 Å². The molecule has 0 aliphatic carbocycles. The molecule has 3 aromatic heterocycles. The number of pyridine rings is 1. The van der Waals surface area contributed by atoms with Crippen LogP contribution in [0.25, 0.3) is 11.5 Å². The molecule has 8 heteroatoms. The highest BCUT2D eigenvalue weighted by atomic mass is 16.5. The van der Waals surface area contributed by atoms with E-state index in [4.69, 9.17) is 9.15 Å². The number of amides is 2. The molecule has 0 radical (unpaired) electrons. The summed E-state index contributed by atoms with van der Waals surface area (Å²) in [7, 11) is 1.79. The number of carbonyl (C=O) groups is 1. The number of ether oxygens (including phenoxy) is 1. The fourth-order valence-corrected chi connectivity index (χ4v) is 3.28. The van der Waals surface area contributed by atoms with Gasteiger partial charge in [0.1, 0.15) is 11.5 Å². The number of carbonyl (C=O) groups excluding carboxylic acids is 1. The maximum atomic E-state index is 13.0. The molecule has 0 saturated carbocycles. The first-order valence-electron chi connectivity index (χ1n) is 9.33. The van der Waals surface area contributed by atoms with Crippen LogP contribution in [0.1, 0.15) is 18.4 Å². The number of nitrogens with one attached hydrogen (secondary N) is 1. The quantitative estimate of drug-likeness (QED) is 0.708. The summed E-state index contributed by atoms with van der Waals surface area (Å²) >= 11 is 0. The van der Waals surface area contributed by atoms with Crippen molar-refractivity contribution < 1.29 is 13.9 Å². The molecule has 146 valence electrons. The fourth-order valence-electron chi connectivity index (χ4n) is 3.28. The van der Waals surface area contributed by atoms with Crippen molar-refractivity contribution in [2.45, 2.75) is 25.5 Å². The molecule has 0 aromatic carbocycles. The second-order valence-electron chi connectivity index (χ2n) is 6.82. The molecule has 1 atom stereocenters. The van der Waals surface area contributed by atoms with Gasteiger partial charge in [-0.3, -0.25) is 15.0 Å². The summed E-state index contributed by atoms with van der Waals surface area (Å²) in [5, 5.41) is 7.36. The van der Waals surface area contributed by atoms with E-state index in [2.05, 4.69) is 15.4 Å². The lowest BCUT2D eigenvalue weighted by Gasteiger charge is -2.25. The molecule has 1 fully saturated rings. The minimum atomic E-state index is -0.201. The smallest absolute Gasteiger partial charge is 0.323 e. The van der Waals surface area contributed by atoms with Crippen LogP contribution in [0.5, 0.6) is 0 Å². The largest absolute Gasteiger partial charge is 0.463 e. The Kier molecular flexibility index (Phi) is 5.38. The predicted molar refractivity (Wildman–Crippen MR) is 104 cm³/mol. The summed E-state index contributed by atoms with van der Waals surface area (Å²) in [5.74, 6) is 1.25. The Morgan fingerprint density at radius 1 is 1.39 bits per heavy atom. The SMILES string of the molecule is Cn1nc(-c2ccco2)cc1NC(=O)N(Cc1cccnc1)CC1CCCO1. The predicted octanol–water partition coefficient (Wildman–Crippen LogP) is 3.29. The van der Waals surface area contributed by atoms with Crippen molar-refractivity contribution in [1.29, 1.82) is 0 Å². The van der Waals surface area contributed by atoms with Gasteiger partial charge in [0.25, 0.3) is 0 Å². The topological polar surface area (TPSA) is 85.4 Å². The lowest BCUT2D eigenvalue weighted by Crippen LogP contribution is -2.40. The summed E-state index contributed by atoms with van der Waals surface area (Å²) in [6.07, 6.45) is 7.15. The van der Waals surface area contributed by atoms with E-state index >= 15 is 0 Å². The van der Waals surface area contributed by atoms with Gasteiger partial charge in [0.15, 0.2) is 5.76 Å². The molecular formula is C20H23N5O3. The van der Waals surface area contributed by atoms with E-state index in [0.29, 0.717) is 30.4 Å². The molecular weight excluding hydrogens is 358 g/mol. The van der Waals surface area contributed by atoms with E-state index in [9.17, 15) is 4.79 Å². The number of aryl methyl sites for hydroxylation is 1. The molecule has 1 aliphatic heterocycles. The van der Waals surface area contributed by atoms with Crippen molar-refractivity contribution >= 4 is 11.8 Å². The van der Waals surface area contributed by atoms with Crippen LogP contribution in [0, 0.1) is 0 Å². The van der Waals surface area contributed by atoms with Crippen LogP contribution in [-0.4, -0.2) is 45.0 Å². The first-order valence-corrected chi connectivity index (χ1v) is 9.33. The van der Waals surface area contributed by atoms with Crippen LogP contribution in [0.15, 0.2) is 53.4 Å². The molecule has 1 unspecified atom stereocenters. The van der Waals surface area contributed by atoms with Gasteiger partial charge in [-0.2, -0.15) is 5.10 Å². The molecule has 1 N–H and O–H groups in total. The van der Waals surface area contributed by atoms with Crippen LogP contribution in [0.2, 0.25) is 0 Å². The number of rotatable bonds is 6. The first kappa shape index (κ1) is 18.2. The van der Waals surface area contributed by atoms with Gasteiger partial charge in [-0.15, -0.1) is 0 Å². The second-order valence-corrected chi connectivity index (χ2v) is 6.82. The molecule has 0 spiro atoms. The van der Waals surface area contributed by atoms with E-state index < -0.39 is 0 Å². The van der Waals surface area contributed by atoms with Crippen LogP contribution in [0.3, 0.4) is 0 Å². The van der Waals surface area contributed by atoms with E-state index in [1.165, 1.54) is 0 Å². The molecule has 3 aromatic rings. The third kappa shape index (κ3) is 4.23. The third-order valence-corrected chi connectivity index (χ3v) is 4.72. The lowest BCUT2D eigenvalue weighted by molar-refractivity contribution is 0.0819. The van der Waals surface area contributed by atoms with Crippen LogP contribution in [-0.2, 0) is 18.3 Å². The van der Waals surface area contributed by atoms with Crippen molar-refractivity contribution in [2.24, 2.45) is 7.05 Å². The van der Waals surface area contributed by atoms with Gasteiger partial charge >= 0.3 is 6.03 Å². The van der Waals surface area contributed by atoms with Crippen molar-refractivity contribution in [3.05, 3.63) is 54.6 Å². The van der Waals surface area contributed by atoms with Crippen molar-refractivity contribution in [2.75, 3.05) is 18.5 Å². The van der Waals surface area contributed by atoms with Crippen LogP contribution >= 0.6 is 0 Å². The Balaban J connectivity index is 1.50. The highest BCUT2D eigenvalue weighted by molar-refractivity contribution is 5.89. The molecule has 1 aliphatic rings. The van der Waals surface area contributed by atoms with E-state index in [0.717, 1.165) is 25.0 Å². The number of aromatic nitrogens is 3. The Bertz CT molecular complexity index is 901. The average molecular weight is 381 g/mol. The summed E-state index contributed by atoms with van der Waals surface area (Å²) in [6.45, 7) is 1.74. The first-order chi connectivity index (χ1) is 13.7. The molecule has 28 heavy (non-hydrogen) atoms. The maximum Gasteiger partial charge on any atom is 0.323 e. The van der Waals surface area contributed by atoms with Crippen LogP contribution in [0.4, 0.5) is 10.6 Å². The number of hydrogen-bond donors (Lipinski definition) is 1. The summed E-state index contributed by atoms with van der Waals surface area (Å²) in [5.41, 5.74) is 1.64. The molecule has 4 heterocycles. The van der Waals surface area contributed by atoms with E-state index in [1.807, 2.05) is 18.2 Å².